The van der Waals surface area contributed by atoms with Gasteiger partial charge in [0.05, 0.1) is 13.5 Å². The van der Waals surface area contributed by atoms with Gasteiger partial charge in [0.15, 0.2) is 0 Å². The van der Waals surface area contributed by atoms with E-state index in [9.17, 15) is 4.79 Å². The molecule has 82 valence electrons. The van der Waals surface area contributed by atoms with E-state index < -0.39 is 5.97 Å². The SMILES string of the molecule is COc1cc(CC(=O)O)c(C)cc1CBr. The highest BCUT2D eigenvalue weighted by Gasteiger charge is 2.09. The van der Waals surface area contributed by atoms with E-state index in [0.717, 1.165) is 22.4 Å². The highest BCUT2D eigenvalue weighted by Crippen LogP contribution is 2.25. The first-order chi connectivity index (χ1) is 7.08. The van der Waals surface area contributed by atoms with Gasteiger partial charge in [0.25, 0.3) is 0 Å². The molecule has 0 saturated carbocycles. The number of carbonyl (C=O) groups is 1. The lowest BCUT2D eigenvalue weighted by atomic mass is 10.0. The zero-order chi connectivity index (χ0) is 11.4. The summed E-state index contributed by atoms with van der Waals surface area (Å²) in [7, 11) is 1.58. The third kappa shape index (κ3) is 2.96. The van der Waals surface area contributed by atoms with Crippen LogP contribution in [-0.4, -0.2) is 18.2 Å². The molecule has 0 atom stereocenters. The molecule has 0 aliphatic heterocycles. The average molecular weight is 273 g/mol. The van der Waals surface area contributed by atoms with Gasteiger partial charge in [0.1, 0.15) is 5.75 Å². The zero-order valence-corrected chi connectivity index (χ0v) is 10.3. The van der Waals surface area contributed by atoms with Crippen LogP contribution in [0, 0.1) is 6.92 Å². The predicted molar refractivity (Wildman–Crippen MR) is 61.7 cm³/mol. The lowest BCUT2D eigenvalue weighted by Crippen LogP contribution is -2.03. The van der Waals surface area contributed by atoms with Gasteiger partial charge >= 0.3 is 5.97 Å². The molecule has 0 spiro atoms. The van der Waals surface area contributed by atoms with E-state index >= 15 is 0 Å². The fraction of sp³-hybridized carbons (Fsp3) is 0.364. The van der Waals surface area contributed by atoms with Crippen molar-refractivity contribution in [1.82, 2.24) is 0 Å². The van der Waals surface area contributed by atoms with Crippen LogP contribution in [0.15, 0.2) is 12.1 Å². The fourth-order valence-corrected chi connectivity index (χ4v) is 1.88. The van der Waals surface area contributed by atoms with Crippen LogP contribution in [0.4, 0.5) is 0 Å². The van der Waals surface area contributed by atoms with Crippen LogP contribution in [-0.2, 0) is 16.5 Å². The second kappa shape index (κ2) is 5.16. The quantitative estimate of drug-likeness (QED) is 0.857. The number of halogens is 1. The number of rotatable bonds is 4. The molecule has 0 fully saturated rings. The maximum atomic E-state index is 10.6. The molecule has 1 rings (SSSR count). The second-order valence-electron chi connectivity index (χ2n) is 3.29. The summed E-state index contributed by atoms with van der Waals surface area (Å²) in [5, 5.41) is 9.43. The smallest absolute Gasteiger partial charge is 0.307 e. The topological polar surface area (TPSA) is 46.5 Å². The molecule has 1 N–H and O–H groups in total. The summed E-state index contributed by atoms with van der Waals surface area (Å²) >= 11 is 3.36. The van der Waals surface area contributed by atoms with Crippen molar-refractivity contribution in [2.45, 2.75) is 18.7 Å². The zero-order valence-electron chi connectivity index (χ0n) is 8.71. The number of hydrogen-bond donors (Lipinski definition) is 1. The maximum absolute atomic E-state index is 10.6. The highest BCUT2D eigenvalue weighted by atomic mass is 79.9. The molecule has 3 nitrogen and oxygen atoms in total. The molecule has 15 heavy (non-hydrogen) atoms. The summed E-state index contributed by atoms with van der Waals surface area (Å²) in [6.07, 6.45) is 0.0325. The highest BCUT2D eigenvalue weighted by molar-refractivity contribution is 9.08. The Balaban J connectivity index is 3.13. The number of aryl methyl sites for hydroxylation is 1. The lowest BCUT2D eigenvalue weighted by molar-refractivity contribution is -0.136. The minimum Gasteiger partial charge on any atom is -0.496 e. The molecule has 0 saturated heterocycles. The Bertz CT molecular complexity index is 374. The summed E-state index contributed by atoms with van der Waals surface area (Å²) in [4.78, 5) is 10.6. The van der Waals surface area contributed by atoms with Crippen LogP contribution in [0.3, 0.4) is 0 Å². The maximum Gasteiger partial charge on any atom is 0.307 e. The molecule has 0 aliphatic rings. The van der Waals surface area contributed by atoms with E-state index in [1.54, 1.807) is 13.2 Å². The van der Waals surface area contributed by atoms with Crippen molar-refractivity contribution in [1.29, 1.82) is 0 Å². The van der Waals surface area contributed by atoms with E-state index in [2.05, 4.69) is 15.9 Å². The van der Waals surface area contributed by atoms with Crippen LogP contribution in [0.5, 0.6) is 5.75 Å². The monoisotopic (exact) mass is 272 g/mol. The number of carboxylic acids is 1. The first kappa shape index (κ1) is 12.0. The molecule has 0 bridgehead atoms. The number of ether oxygens (including phenoxy) is 1. The third-order valence-corrected chi connectivity index (χ3v) is 2.83. The number of benzene rings is 1. The molecule has 1 aromatic carbocycles. The molecule has 0 aliphatic carbocycles. The van der Waals surface area contributed by atoms with Crippen molar-refractivity contribution in [3.05, 3.63) is 28.8 Å². The van der Waals surface area contributed by atoms with Crippen molar-refractivity contribution < 1.29 is 14.6 Å². The van der Waals surface area contributed by atoms with Gasteiger partial charge in [-0.25, -0.2) is 0 Å². The third-order valence-electron chi connectivity index (χ3n) is 2.22. The lowest BCUT2D eigenvalue weighted by Gasteiger charge is -2.10. The van der Waals surface area contributed by atoms with Crippen LogP contribution >= 0.6 is 15.9 Å². The molecular weight excluding hydrogens is 260 g/mol. The van der Waals surface area contributed by atoms with Gasteiger partial charge in [-0.05, 0) is 24.1 Å². The Kier molecular flexibility index (Phi) is 4.15. The van der Waals surface area contributed by atoms with Crippen molar-refractivity contribution >= 4 is 21.9 Å². The second-order valence-corrected chi connectivity index (χ2v) is 3.86. The largest absolute Gasteiger partial charge is 0.496 e. The minimum atomic E-state index is -0.827. The van der Waals surface area contributed by atoms with Crippen LogP contribution < -0.4 is 4.74 Å². The fourth-order valence-electron chi connectivity index (χ4n) is 1.44. The first-order valence-corrected chi connectivity index (χ1v) is 5.64. The number of aliphatic carboxylic acids is 1. The Morgan fingerprint density at radius 2 is 2.13 bits per heavy atom. The van der Waals surface area contributed by atoms with E-state index in [1.165, 1.54) is 0 Å². The molecule has 0 unspecified atom stereocenters. The Morgan fingerprint density at radius 3 is 2.60 bits per heavy atom. The van der Waals surface area contributed by atoms with Gasteiger partial charge in [-0.15, -0.1) is 0 Å². The summed E-state index contributed by atoms with van der Waals surface area (Å²) in [6.45, 7) is 1.91. The predicted octanol–water partition coefficient (Wildman–Crippen LogP) is 2.53. The number of methoxy groups -OCH3 is 1. The van der Waals surface area contributed by atoms with Gasteiger partial charge in [0.2, 0.25) is 0 Å². The van der Waals surface area contributed by atoms with Gasteiger partial charge in [-0.1, -0.05) is 22.0 Å². The molecule has 0 amide bonds. The van der Waals surface area contributed by atoms with E-state index in [1.807, 2.05) is 13.0 Å². The summed E-state index contributed by atoms with van der Waals surface area (Å²) < 4.78 is 5.19. The van der Waals surface area contributed by atoms with Gasteiger partial charge in [0, 0.05) is 10.9 Å². The summed E-state index contributed by atoms with van der Waals surface area (Å²) in [5.74, 6) is -0.0968. The van der Waals surface area contributed by atoms with Crippen LogP contribution in [0.1, 0.15) is 16.7 Å². The van der Waals surface area contributed by atoms with Crippen molar-refractivity contribution in [3.63, 3.8) is 0 Å². The van der Waals surface area contributed by atoms with Crippen LogP contribution in [0.2, 0.25) is 0 Å². The molecular formula is C11H13BrO3. The number of hydrogen-bond acceptors (Lipinski definition) is 2. The Hall–Kier alpha value is -1.03. The Labute approximate surface area is 97.2 Å². The first-order valence-electron chi connectivity index (χ1n) is 4.52. The van der Waals surface area contributed by atoms with Gasteiger partial charge in [-0.3, -0.25) is 4.79 Å². The standard InChI is InChI=1S/C11H13BrO3/c1-7-3-9(6-12)10(15-2)4-8(7)5-11(13)14/h3-4H,5-6H2,1-2H3,(H,13,14). The van der Waals surface area contributed by atoms with Crippen molar-refractivity contribution in [2.24, 2.45) is 0 Å². The van der Waals surface area contributed by atoms with Crippen molar-refractivity contribution in [2.75, 3.05) is 7.11 Å². The van der Waals surface area contributed by atoms with Crippen LogP contribution in [0.25, 0.3) is 0 Å². The van der Waals surface area contributed by atoms with Gasteiger partial charge < -0.3 is 9.84 Å². The summed E-state index contributed by atoms with van der Waals surface area (Å²) in [6, 6.07) is 3.74. The molecule has 0 heterocycles. The molecule has 0 radical (unpaired) electrons. The molecule has 0 aromatic heterocycles. The number of alkyl halides is 1. The van der Waals surface area contributed by atoms with Crippen molar-refractivity contribution in [3.8, 4) is 5.75 Å². The van der Waals surface area contributed by atoms with E-state index in [4.69, 9.17) is 9.84 Å². The number of carboxylic acid groups (broad SMARTS) is 1. The minimum absolute atomic E-state index is 0.0325. The normalized spacial score (nSPS) is 10.1. The average Bonchev–Trinajstić information content (AvgIpc) is 2.19. The summed E-state index contributed by atoms with van der Waals surface area (Å²) in [5.41, 5.74) is 2.81. The molecule has 4 heteroatoms. The van der Waals surface area contributed by atoms with Gasteiger partial charge in [-0.2, -0.15) is 0 Å². The Morgan fingerprint density at radius 1 is 1.47 bits per heavy atom. The molecule has 1 aromatic rings. The van der Waals surface area contributed by atoms with E-state index in [-0.39, 0.29) is 6.42 Å². The van der Waals surface area contributed by atoms with E-state index in [0.29, 0.717) is 5.33 Å².